The maximum absolute atomic E-state index is 5.86. The van der Waals surface area contributed by atoms with Crippen molar-refractivity contribution in [2.24, 2.45) is 0 Å². The Morgan fingerprint density at radius 1 is 1.50 bits per heavy atom. The largest absolute Gasteiger partial charge is 0.378 e. The average molecular weight is 269 g/mol. The Bertz CT molecular complexity index is 356. The van der Waals surface area contributed by atoms with Crippen molar-refractivity contribution in [1.29, 1.82) is 0 Å². The zero-order chi connectivity index (χ0) is 12.8. The lowest BCUT2D eigenvalue weighted by atomic mass is 10.2. The molecular weight excluding hydrogens is 246 g/mol. The van der Waals surface area contributed by atoms with Crippen molar-refractivity contribution in [3.63, 3.8) is 0 Å². The summed E-state index contributed by atoms with van der Waals surface area (Å²) in [6.45, 7) is 6.32. The Morgan fingerprint density at radius 3 is 3.11 bits per heavy atom. The number of nitrogens with two attached hydrogens (primary N) is 1. The minimum atomic E-state index is 0.460. The summed E-state index contributed by atoms with van der Waals surface area (Å²) in [5.74, 6) is 0. The number of hydrogen-bond donors (Lipinski definition) is 1. The lowest BCUT2D eigenvalue weighted by Crippen LogP contribution is -2.24. The molecule has 0 bridgehead atoms. The number of likely N-dealkylation sites (tertiary alicyclic amines) is 1. The van der Waals surface area contributed by atoms with Crippen molar-refractivity contribution in [3.8, 4) is 0 Å². The van der Waals surface area contributed by atoms with E-state index in [1.165, 1.54) is 17.7 Å². The van der Waals surface area contributed by atoms with Crippen molar-refractivity contribution >= 4 is 16.5 Å². The Hall–Kier alpha value is -0.650. The number of aromatic nitrogens is 1. The van der Waals surface area contributed by atoms with Crippen LogP contribution in [0.5, 0.6) is 0 Å². The highest BCUT2D eigenvalue weighted by atomic mass is 32.1. The summed E-state index contributed by atoms with van der Waals surface area (Å²) in [6, 6.07) is 0. The third-order valence-electron chi connectivity index (χ3n) is 3.28. The van der Waals surface area contributed by atoms with Crippen LogP contribution < -0.4 is 5.73 Å². The van der Waals surface area contributed by atoms with E-state index in [1.807, 2.05) is 6.20 Å². The average Bonchev–Trinajstić information content (AvgIpc) is 2.63. The predicted octanol–water partition coefficient (Wildman–Crippen LogP) is 2.51. The van der Waals surface area contributed by atoms with Crippen LogP contribution in [0.3, 0.4) is 0 Å². The fourth-order valence-corrected chi connectivity index (χ4v) is 3.08. The van der Waals surface area contributed by atoms with Crippen LogP contribution in [0, 0.1) is 0 Å². The van der Waals surface area contributed by atoms with Gasteiger partial charge >= 0.3 is 0 Å². The molecule has 0 spiro atoms. The van der Waals surface area contributed by atoms with Crippen LogP contribution in [0.25, 0.3) is 0 Å². The number of rotatable bonds is 5. The van der Waals surface area contributed by atoms with Gasteiger partial charge in [0.15, 0.2) is 5.13 Å². The summed E-state index contributed by atoms with van der Waals surface area (Å²) in [5, 5.41) is 0.670. The van der Waals surface area contributed by atoms with E-state index in [-0.39, 0.29) is 0 Å². The number of hydrogen-bond acceptors (Lipinski definition) is 5. The Kier molecular flexibility index (Phi) is 5.41. The number of anilines is 1. The van der Waals surface area contributed by atoms with E-state index in [0.29, 0.717) is 11.2 Å². The quantitative estimate of drug-likeness (QED) is 0.892. The molecule has 0 amide bonds. The normalized spacial score (nSPS) is 21.9. The van der Waals surface area contributed by atoms with Gasteiger partial charge in [-0.1, -0.05) is 6.92 Å². The zero-order valence-corrected chi connectivity index (χ0v) is 11.9. The van der Waals surface area contributed by atoms with Crippen LogP contribution in [0.2, 0.25) is 0 Å². The molecule has 18 heavy (non-hydrogen) atoms. The minimum absolute atomic E-state index is 0.460. The fourth-order valence-electron chi connectivity index (χ4n) is 2.35. The Labute approximate surface area is 113 Å². The van der Waals surface area contributed by atoms with Gasteiger partial charge in [-0.15, -0.1) is 11.3 Å². The standard InChI is InChI=1S/C13H23N3OS/c1-2-8-17-11-4-3-6-16(7-5-11)10-12-9-15-13(14)18-12/h9,11H,2-8,10H2,1H3,(H2,14,15). The molecule has 0 saturated carbocycles. The number of nitrogens with zero attached hydrogens (tertiary/aromatic N) is 2. The summed E-state index contributed by atoms with van der Waals surface area (Å²) < 4.78 is 5.86. The van der Waals surface area contributed by atoms with Gasteiger partial charge in [0, 0.05) is 30.8 Å². The van der Waals surface area contributed by atoms with Crippen LogP contribution in [0.4, 0.5) is 5.13 Å². The van der Waals surface area contributed by atoms with Crippen molar-refractivity contribution < 1.29 is 4.74 Å². The van der Waals surface area contributed by atoms with Gasteiger partial charge in [-0.2, -0.15) is 0 Å². The third-order valence-corrected chi connectivity index (χ3v) is 4.09. The fraction of sp³-hybridized carbons (Fsp3) is 0.769. The van der Waals surface area contributed by atoms with E-state index in [1.54, 1.807) is 11.3 Å². The van der Waals surface area contributed by atoms with Crippen LogP contribution >= 0.6 is 11.3 Å². The highest BCUT2D eigenvalue weighted by Gasteiger charge is 2.17. The van der Waals surface area contributed by atoms with Crippen molar-refractivity contribution in [3.05, 3.63) is 11.1 Å². The van der Waals surface area contributed by atoms with E-state index in [0.717, 1.165) is 39.1 Å². The number of nitrogen functional groups attached to an aromatic ring is 1. The Morgan fingerprint density at radius 2 is 2.39 bits per heavy atom. The van der Waals surface area contributed by atoms with Crippen molar-refractivity contribution in [2.45, 2.75) is 45.3 Å². The second kappa shape index (κ2) is 7.07. The molecule has 2 rings (SSSR count). The molecule has 0 radical (unpaired) electrons. The monoisotopic (exact) mass is 269 g/mol. The summed E-state index contributed by atoms with van der Waals surface area (Å²) >= 11 is 1.60. The van der Waals surface area contributed by atoms with Gasteiger partial charge in [0.25, 0.3) is 0 Å². The molecule has 0 aromatic carbocycles. The first kappa shape index (κ1) is 13.8. The second-order valence-corrected chi connectivity index (χ2v) is 6.01. The summed E-state index contributed by atoms with van der Waals surface area (Å²) in [7, 11) is 0. The van der Waals surface area contributed by atoms with Crippen molar-refractivity contribution in [1.82, 2.24) is 9.88 Å². The van der Waals surface area contributed by atoms with Gasteiger partial charge in [-0.05, 0) is 32.2 Å². The topological polar surface area (TPSA) is 51.4 Å². The van der Waals surface area contributed by atoms with Crippen LogP contribution in [-0.2, 0) is 11.3 Å². The van der Waals surface area contributed by atoms with E-state index < -0.39 is 0 Å². The molecule has 2 heterocycles. The molecule has 1 fully saturated rings. The lowest BCUT2D eigenvalue weighted by Gasteiger charge is -2.19. The molecule has 1 aliphatic rings. The van der Waals surface area contributed by atoms with Gasteiger partial charge in [0.2, 0.25) is 0 Å². The van der Waals surface area contributed by atoms with E-state index >= 15 is 0 Å². The predicted molar refractivity (Wildman–Crippen MR) is 75.7 cm³/mol. The molecule has 2 N–H and O–H groups in total. The molecular formula is C13H23N3OS. The molecule has 1 aromatic rings. The second-order valence-electron chi connectivity index (χ2n) is 4.86. The van der Waals surface area contributed by atoms with Gasteiger partial charge in [-0.25, -0.2) is 4.98 Å². The SMILES string of the molecule is CCCOC1CCCN(Cc2cnc(N)s2)CC1. The number of ether oxygens (including phenoxy) is 1. The molecule has 1 unspecified atom stereocenters. The minimum Gasteiger partial charge on any atom is -0.378 e. The summed E-state index contributed by atoms with van der Waals surface area (Å²) in [5.41, 5.74) is 5.66. The highest BCUT2D eigenvalue weighted by molar-refractivity contribution is 7.15. The first-order valence-electron chi connectivity index (χ1n) is 6.82. The van der Waals surface area contributed by atoms with Crippen LogP contribution in [-0.4, -0.2) is 35.7 Å². The van der Waals surface area contributed by atoms with Crippen LogP contribution in [0.1, 0.15) is 37.5 Å². The van der Waals surface area contributed by atoms with Gasteiger partial charge in [0.1, 0.15) is 0 Å². The molecule has 1 aliphatic heterocycles. The number of thiazole rings is 1. The summed E-state index contributed by atoms with van der Waals surface area (Å²) in [6.07, 6.45) is 7.04. The van der Waals surface area contributed by atoms with Crippen molar-refractivity contribution in [2.75, 3.05) is 25.4 Å². The lowest BCUT2D eigenvalue weighted by molar-refractivity contribution is 0.0437. The Balaban J connectivity index is 1.78. The highest BCUT2D eigenvalue weighted by Crippen LogP contribution is 2.20. The van der Waals surface area contributed by atoms with E-state index in [4.69, 9.17) is 10.5 Å². The third kappa shape index (κ3) is 4.23. The molecule has 1 atom stereocenters. The molecule has 1 saturated heterocycles. The maximum Gasteiger partial charge on any atom is 0.180 e. The van der Waals surface area contributed by atoms with E-state index in [9.17, 15) is 0 Å². The van der Waals surface area contributed by atoms with E-state index in [2.05, 4.69) is 16.8 Å². The van der Waals surface area contributed by atoms with Crippen LogP contribution in [0.15, 0.2) is 6.20 Å². The molecule has 5 heteroatoms. The summed E-state index contributed by atoms with van der Waals surface area (Å²) in [4.78, 5) is 7.86. The molecule has 1 aromatic heterocycles. The first-order valence-corrected chi connectivity index (χ1v) is 7.63. The van der Waals surface area contributed by atoms with Gasteiger partial charge in [0.05, 0.1) is 6.10 Å². The maximum atomic E-state index is 5.86. The smallest absolute Gasteiger partial charge is 0.180 e. The molecule has 102 valence electrons. The molecule has 0 aliphatic carbocycles. The van der Waals surface area contributed by atoms with Gasteiger partial charge < -0.3 is 10.5 Å². The zero-order valence-electron chi connectivity index (χ0n) is 11.1. The van der Waals surface area contributed by atoms with Gasteiger partial charge in [-0.3, -0.25) is 4.90 Å². The first-order chi connectivity index (χ1) is 8.78. The molecule has 4 nitrogen and oxygen atoms in total.